The number of amides is 2. The molecule has 0 aromatic heterocycles. The fourth-order valence-electron chi connectivity index (χ4n) is 8.82. The van der Waals surface area contributed by atoms with E-state index >= 15 is 0 Å². The lowest BCUT2D eigenvalue weighted by Gasteiger charge is -2.37. The largest absolute Gasteiger partial charge is 0.494 e. The van der Waals surface area contributed by atoms with E-state index in [-0.39, 0.29) is 55.1 Å². The van der Waals surface area contributed by atoms with Gasteiger partial charge in [0.2, 0.25) is 11.8 Å². The van der Waals surface area contributed by atoms with Crippen molar-refractivity contribution < 1.29 is 34.1 Å². The molecule has 0 aliphatic carbocycles. The second-order valence-electron chi connectivity index (χ2n) is 15.5. The molecule has 6 rings (SSSR count). The highest BCUT2D eigenvalue weighted by atomic mass is 28.4. The number of aryl methyl sites for hydroxylation is 1. The quantitative estimate of drug-likeness (QED) is 0.122. The van der Waals surface area contributed by atoms with E-state index in [1.807, 2.05) is 73.4 Å². The van der Waals surface area contributed by atoms with Gasteiger partial charge in [-0.2, -0.15) is 0 Å². The molecule has 3 aliphatic heterocycles. The third kappa shape index (κ3) is 8.87. The lowest BCUT2D eigenvalue weighted by Crippen LogP contribution is -2.49. The number of nitrogens with zero attached hydrogens (tertiary/aromatic N) is 2. The number of aliphatic hydroxyl groups excluding tert-OH is 2. The summed E-state index contributed by atoms with van der Waals surface area (Å²) < 4.78 is 12.5. The molecule has 0 bridgehead atoms. The molecule has 3 aliphatic rings. The Morgan fingerprint density at radius 3 is 2.51 bits per heavy atom. The zero-order valence-corrected chi connectivity index (χ0v) is 32.7. The number of nitrogens with one attached hydrogen (secondary N) is 1. The number of ether oxygens (including phenoxy) is 2. The van der Waals surface area contributed by atoms with Gasteiger partial charge in [0.25, 0.3) is 0 Å². The van der Waals surface area contributed by atoms with E-state index in [1.165, 1.54) is 5.56 Å². The molecule has 1 fully saturated rings. The van der Waals surface area contributed by atoms with Gasteiger partial charge < -0.3 is 34.7 Å². The Morgan fingerprint density at radius 2 is 1.77 bits per heavy atom. The first-order valence-corrected chi connectivity index (χ1v) is 22.4. The van der Waals surface area contributed by atoms with Crippen molar-refractivity contribution in [2.24, 2.45) is 5.92 Å². The zero-order chi connectivity index (χ0) is 37.7. The number of benzene rings is 3. The van der Waals surface area contributed by atoms with E-state index in [0.29, 0.717) is 51.8 Å². The van der Waals surface area contributed by atoms with E-state index < -0.39 is 20.5 Å². The molecular weight excluding hydrogens is 687 g/mol. The molecule has 10 nitrogen and oxygen atoms in total. The highest BCUT2D eigenvalue weighted by Gasteiger charge is 2.50. The summed E-state index contributed by atoms with van der Waals surface area (Å²) in [6.45, 7) is 9.66. The van der Waals surface area contributed by atoms with Crippen molar-refractivity contribution in [2.75, 3.05) is 31.3 Å². The Kier molecular flexibility index (Phi) is 12.7. The number of fused-ring (bicyclic) bond motifs is 2. The Bertz CT molecular complexity index is 1730. The van der Waals surface area contributed by atoms with Gasteiger partial charge in [-0.1, -0.05) is 43.3 Å². The summed E-state index contributed by atoms with van der Waals surface area (Å²) in [7, 11) is -2.72. The van der Waals surface area contributed by atoms with Crippen LogP contribution in [-0.4, -0.2) is 90.7 Å². The predicted octanol–water partition coefficient (Wildman–Crippen LogP) is 5.28. The lowest BCUT2D eigenvalue weighted by atomic mass is 9.92. The number of unbranched alkanes of at least 4 members (excludes halogenated alkanes) is 1. The molecule has 1 saturated heterocycles. The maximum atomic E-state index is 14.1. The van der Waals surface area contributed by atoms with E-state index in [0.717, 1.165) is 40.2 Å². The predicted molar refractivity (Wildman–Crippen MR) is 209 cm³/mol. The monoisotopic (exact) mass is 743 g/mol. The van der Waals surface area contributed by atoms with E-state index in [4.69, 9.17) is 9.47 Å². The number of aliphatic hydroxyl groups is 2. The van der Waals surface area contributed by atoms with Crippen LogP contribution in [0.2, 0.25) is 18.6 Å². The molecule has 3 heterocycles. The van der Waals surface area contributed by atoms with E-state index in [1.54, 1.807) is 4.90 Å². The summed E-state index contributed by atoms with van der Waals surface area (Å²) in [5.74, 6) is 0.780. The van der Waals surface area contributed by atoms with Crippen LogP contribution in [0.4, 0.5) is 11.4 Å². The molecule has 0 saturated carbocycles. The van der Waals surface area contributed by atoms with Crippen molar-refractivity contribution in [1.29, 1.82) is 0 Å². The normalized spacial score (nSPS) is 24.2. The van der Waals surface area contributed by atoms with Crippen LogP contribution in [0.3, 0.4) is 0 Å². The fourth-order valence-corrected chi connectivity index (χ4v) is 11.4. The maximum Gasteiger partial charge on any atom is 0.249 e. The highest BCUT2D eigenvalue weighted by Crippen LogP contribution is 2.46. The van der Waals surface area contributed by atoms with Crippen LogP contribution in [-0.2, 0) is 40.1 Å². The Hall–Kier alpha value is -3.58. The second-order valence-corrected chi connectivity index (χ2v) is 19.5. The second kappa shape index (κ2) is 17.3. The van der Waals surface area contributed by atoms with Crippen molar-refractivity contribution in [1.82, 2.24) is 10.2 Å². The van der Waals surface area contributed by atoms with Gasteiger partial charge in [0.15, 0.2) is 8.32 Å². The smallest absolute Gasteiger partial charge is 0.249 e. The van der Waals surface area contributed by atoms with Crippen LogP contribution in [0.1, 0.15) is 61.8 Å². The van der Waals surface area contributed by atoms with Crippen LogP contribution in [0, 0.1) is 5.92 Å². The number of carbonyl (C=O) groups excluding carboxylic acids is 2. The minimum Gasteiger partial charge on any atom is -0.494 e. The van der Waals surface area contributed by atoms with Crippen LogP contribution in [0.15, 0.2) is 66.7 Å². The average Bonchev–Trinajstić information content (AvgIpc) is 3.46. The Morgan fingerprint density at radius 1 is 0.981 bits per heavy atom. The van der Waals surface area contributed by atoms with E-state index in [9.17, 15) is 24.6 Å². The van der Waals surface area contributed by atoms with Crippen molar-refractivity contribution in [3.8, 4) is 5.75 Å². The summed E-state index contributed by atoms with van der Waals surface area (Å²) in [5.41, 5.74) is 5.92. The van der Waals surface area contributed by atoms with Gasteiger partial charge in [0.05, 0.1) is 49.6 Å². The van der Waals surface area contributed by atoms with Crippen molar-refractivity contribution >= 4 is 31.5 Å². The average molecular weight is 744 g/mol. The molecule has 53 heavy (non-hydrogen) atoms. The third-order valence-electron chi connectivity index (χ3n) is 11.4. The molecule has 6 atom stereocenters. The summed E-state index contributed by atoms with van der Waals surface area (Å²) in [4.78, 5) is 43.0. The Balaban J connectivity index is 1.17. The first-order valence-electron chi connectivity index (χ1n) is 19.4. The van der Waals surface area contributed by atoms with Crippen LogP contribution < -0.4 is 15.0 Å². The number of anilines is 2. The molecule has 3 aromatic carbocycles. The first kappa shape index (κ1) is 39.1. The summed E-state index contributed by atoms with van der Waals surface area (Å²) in [6, 6.07) is 21.4. The van der Waals surface area contributed by atoms with Crippen molar-refractivity contribution in [3.63, 3.8) is 0 Å². The first-order chi connectivity index (χ1) is 25.5. The molecule has 1 unspecified atom stereocenters. The van der Waals surface area contributed by atoms with Crippen LogP contribution in [0.5, 0.6) is 5.75 Å². The van der Waals surface area contributed by atoms with Gasteiger partial charge in [0.1, 0.15) is 5.75 Å². The number of hydrogen-bond acceptors (Lipinski definition) is 8. The molecule has 2 amide bonds. The summed E-state index contributed by atoms with van der Waals surface area (Å²) in [5, 5.41) is 22.9. The SMILES string of the molecule is CCOc1ccc2c(c1)CC(NCCCCO)C(=O)N2c1cccc(CC[C@@H]2O[C@H](CC(=O)N3Cc4ccccc4C[C@H]3CO)[C@@H]([Si](C)(C)O)[C@@H]2C)c1. The summed E-state index contributed by atoms with van der Waals surface area (Å²) >= 11 is 0. The zero-order valence-electron chi connectivity index (χ0n) is 31.7. The minimum atomic E-state index is -2.72. The molecule has 0 radical (unpaired) electrons. The molecule has 11 heteroatoms. The van der Waals surface area contributed by atoms with Gasteiger partial charge in [-0.15, -0.1) is 0 Å². The fraction of sp³-hybridized carbons (Fsp3) is 0.524. The maximum absolute atomic E-state index is 14.1. The van der Waals surface area contributed by atoms with E-state index in [2.05, 4.69) is 30.4 Å². The van der Waals surface area contributed by atoms with Gasteiger partial charge in [-0.3, -0.25) is 14.5 Å². The molecule has 286 valence electrons. The molecular formula is C42H57N3O7Si. The Labute approximate surface area is 315 Å². The van der Waals surface area contributed by atoms with Crippen molar-refractivity contribution in [3.05, 3.63) is 89.0 Å². The minimum absolute atomic E-state index is 0.0123. The molecule has 3 aromatic rings. The lowest BCUT2D eigenvalue weighted by molar-refractivity contribution is -0.138. The van der Waals surface area contributed by atoms with Gasteiger partial charge in [0, 0.05) is 24.4 Å². The third-order valence-corrected chi connectivity index (χ3v) is 13.9. The van der Waals surface area contributed by atoms with Gasteiger partial charge >= 0.3 is 0 Å². The van der Waals surface area contributed by atoms with Crippen molar-refractivity contribution in [2.45, 2.75) is 108 Å². The highest BCUT2D eigenvalue weighted by molar-refractivity contribution is 6.71. The van der Waals surface area contributed by atoms with Gasteiger partial charge in [-0.25, -0.2) is 0 Å². The topological polar surface area (TPSA) is 132 Å². The summed E-state index contributed by atoms with van der Waals surface area (Å²) in [6.07, 6.45) is 3.70. The molecule has 4 N–H and O–H groups in total. The van der Waals surface area contributed by atoms with Gasteiger partial charge in [-0.05, 0) is 124 Å². The number of rotatable bonds is 15. The van der Waals surface area contributed by atoms with Crippen LogP contribution in [0.25, 0.3) is 0 Å². The van der Waals surface area contributed by atoms with Crippen LogP contribution >= 0.6 is 0 Å². The molecule has 0 spiro atoms. The standard InChI is InChI=1S/C42H57N3O7Si/c1-5-51-35-16-17-37-32(23-35)24-36(43-19-8-9-20-46)42(49)45(37)33-14-10-11-29(21-33)15-18-38-28(2)41(53(3,4)50)39(52-38)25-40(48)44-26-31-13-7-6-12-30(31)22-34(44)27-47/h6-7,10-14,16-17,21,23,28,34,36,38-39,41,43,46-47,50H,5,8-9,15,18-20,22,24-27H2,1-4H3/t28-,34+,36?,38+,39-,41+/m1/s1. The number of carbonyl (C=O) groups is 2. The number of hydrogen-bond donors (Lipinski definition) is 4.